The van der Waals surface area contributed by atoms with Crippen LogP contribution in [0.4, 0.5) is 4.39 Å². The molecular weight excluding hydrogens is 345 g/mol. The Kier molecular flexibility index (Phi) is 5.85. The van der Waals surface area contributed by atoms with Crippen LogP contribution in [0.1, 0.15) is 0 Å². The number of sulfonamides is 1. The average Bonchev–Trinajstić information content (AvgIpc) is 2.27. The number of aliphatic carboxylic acids is 1. The van der Waals surface area contributed by atoms with E-state index < -0.39 is 28.4 Å². The second-order valence-corrected chi connectivity index (χ2v) is 6.01. The monoisotopic (exact) mass is 355 g/mol. The third-order valence-corrected chi connectivity index (χ3v) is 4.39. The number of carboxylic acid groups (broad SMARTS) is 1. The van der Waals surface area contributed by atoms with Crippen molar-refractivity contribution >= 4 is 31.9 Å². The van der Waals surface area contributed by atoms with Crippen molar-refractivity contribution in [1.29, 1.82) is 0 Å². The predicted octanol–water partition coefficient (Wildman–Crippen LogP) is 0.968. The lowest BCUT2D eigenvalue weighted by molar-refractivity contribution is -0.142. The molecular formula is C10H11BrFNO5S. The van der Waals surface area contributed by atoms with Crippen molar-refractivity contribution in [1.82, 2.24) is 4.72 Å². The predicted molar refractivity (Wildman–Crippen MR) is 67.7 cm³/mol. The van der Waals surface area contributed by atoms with E-state index in [1.165, 1.54) is 0 Å². The summed E-state index contributed by atoms with van der Waals surface area (Å²) >= 11 is 2.96. The molecule has 1 aromatic rings. The number of carbonyl (C=O) groups is 1. The van der Waals surface area contributed by atoms with Crippen molar-refractivity contribution < 1.29 is 27.4 Å². The van der Waals surface area contributed by atoms with Gasteiger partial charge in [-0.3, -0.25) is 0 Å². The first-order valence-electron chi connectivity index (χ1n) is 5.07. The quantitative estimate of drug-likeness (QED) is 0.711. The highest BCUT2D eigenvalue weighted by molar-refractivity contribution is 9.10. The molecule has 2 N–H and O–H groups in total. The number of nitrogens with one attached hydrogen (secondary N) is 1. The summed E-state index contributed by atoms with van der Waals surface area (Å²) in [5, 5.41) is 8.31. The summed E-state index contributed by atoms with van der Waals surface area (Å²) in [7, 11) is -3.80. The topological polar surface area (TPSA) is 92.7 Å². The van der Waals surface area contributed by atoms with Crippen molar-refractivity contribution in [3.63, 3.8) is 0 Å². The molecule has 9 heteroatoms. The minimum Gasteiger partial charge on any atom is -0.480 e. The molecule has 0 aliphatic carbocycles. The maximum Gasteiger partial charge on any atom is 0.329 e. The van der Waals surface area contributed by atoms with Gasteiger partial charge >= 0.3 is 5.97 Å². The van der Waals surface area contributed by atoms with E-state index in [-0.39, 0.29) is 22.5 Å². The summed E-state index contributed by atoms with van der Waals surface area (Å²) in [5.41, 5.74) is 0. The molecule has 0 aliphatic rings. The van der Waals surface area contributed by atoms with Gasteiger partial charge in [0, 0.05) is 11.0 Å². The average molecular weight is 356 g/mol. The SMILES string of the molecule is O=C(O)COCCNS(=O)(=O)c1ccc(F)cc1Br. The van der Waals surface area contributed by atoms with Gasteiger partial charge in [0.05, 0.1) is 11.5 Å². The van der Waals surface area contributed by atoms with E-state index in [2.05, 4.69) is 25.4 Å². The third-order valence-electron chi connectivity index (χ3n) is 1.95. The van der Waals surface area contributed by atoms with Gasteiger partial charge in [-0.1, -0.05) is 0 Å². The Morgan fingerprint density at radius 2 is 2.16 bits per heavy atom. The first-order chi connectivity index (χ1) is 8.83. The number of halogens is 2. The lowest BCUT2D eigenvalue weighted by atomic mass is 10.3. The molecule has 0 saturated heterocycles. The van der Waals surface area contributed by atoms with Crippen LogP contribution in [0.15, 0.2) is 27.6 Å². The highest BCUT2D eigenvalue weighted by Gasteiger charge is 2.17. The molecule has 0 radical (unpaired) electrons. The summed E-state index contributed by atoms with van der Waals surface area (Å²) in [5.74, 6) is -1.69. The molecule has 0 heterocycles. The number of ether oxygens (including phenoxy) is 1. The fourth-order valence-corrected chi connectivity index (χ4v) is 3.24. The van der Waals surface area contributed by atoms with Crippen LogP contribution in [0, 0.1) is 5.82 Å². The Hall–Kier alpha value is -1.03. The molecule has 0 spiro atoms. The van der Waals surface area contributed by atoms with Gasteiger partial charge in [-0.25, -0.2) is 22.3 Å². The lowest BCUT2D eigenvalue weighted by Crippen LogP contribution is -2.28. The Morgan fingerprint density at radius 3 is 2.74 bits per heavy atom. The molecule has 0 aromatic heterocycles. The molecule has 1 aromatic carbocycles. The van der Waals surface area contributed by atoms with Crippen LogP contribution < -0.4 is 4.72 Å². The summed E-state index contributed by atoms with van der Waals surface area (Å²) in [4.78, 5) is 10.0. The van der Waals surface area contributed by atoms with Gasteiger partial charge in [-0.2, -0.15) is 0 Å². The Labute approximate surface area is 117 Å². The molecule has 0 amide bonds. The lowest BCUT2D eigenvalue weighted by Gasteiger charge is -2.08. The summed E-state index contributed by atoms with van der Waals surface area (Å²) in [6.45, 7) is -0.661. The molecule has 19 heavy (non-hydrogen) atoms. The van der Waals surface area contributed by atoms with Gasteiger partial charge in [0.2, 0.25) is 10.0 Å². The molecule has 1 rings (SSSR count). The van der Waals surface area contributed by atoms with Crippen LogP contribution in [-0.4, -0.2) is 39.3 Å². The summed E-state index contributed by atoms with van der Waals surface area (Å²) < 4.78 is 43.5. The zero-order valence-corrected chi connectivity index (χ0v) is 12.0. The van der Waals surface area contributed by atoms with E-state index in [9.17, 15) is 17.6 Å². The van der Waals surface area contributed by atoms with Crippen molar-refractivity contribution in [3.8, 4) is 0 Å². The highest BCUT2D eigenvalue weighted by Crippen LogP contribution is 2.22. The number of benzene rings is 1. The van der Waals surface area contributed by atoms with E-state index >= 15 is 0 Å². The van der Waals surface area contributed by atoms with E-state index in [1.807, 2.05) is 0 Å². The normalized spacial score (nSPS) is 11.5. The molecule has 6 nitrogen and oxygen atoms in total. The first kappa shape index (κ1) is 16.0. The minimum atomic E-state index is -3.80. The maximum atomic E-state index is 12.8. The molecule has 106 valence electrons. The largest absolute Gasteiger partial charge is 0.480 e. The Morgan fingerprint density at radius 1 is 1.47 bits per heavy atom. The van der Waals surface area contributed by atoms with Crippen LogP contribution in [0.3, 0.4) is 0 Å². The number of carboxylic acids is 1. The molecule has 0 aliphatic heterocycles. The maximum absolute atomic E-state index is 12.8. The Bertz CT molecular complexity index is 563. The van der Waals surface area contributed by atoms with Crippen molar-refractivity contribution in [2.75, 3.05) is 19.8 Å². The molecule has 0 unspecified atom stereocenters. The van der Waals surface area contributed by atoms with E-state index in [4.69, 9.17) is 5.11 Å². The van der Waals surface area contributed by atoms with Crippen molar-refractivity contribution in [2.24, 2.45) is 0 Å². The number of hydrogen-bond acceptors (Lipinski definition) is 4. The smallest absolute Gasteiger partial charge is 0.329 e. The van der Waals surface area contributed by atoms with Gasteiger partial charge in [0.25, 0.3) is 0 Å². The van der Waals surface area contributed by atoms with Crippen LogP contribution in [0.25, 0.3) is 0 Å². The van der Waals surface area contributed by atoms with E-state index in [1.54, 1.807) is 0 Å². The van der Waals surface area contributed by atoms with Gasteiger partial charge in [0.15, 0.2) is 0 Å². The summed E-state index contributed by atoms with van der Waals surface area (Å²) in [6.07, 6.45) is 0. The Balaban J connectivity index is 2.59. The standard InChI is InChI=1S/C10H11BrFNO5S/c11-8-5-7(12)1-2-9(8)19(16,17)13-3-4-18-6-10(14)15/h1-2,5,13H,3-4,6H2,(H,14,15). The van der Waals surface area contributed by atoms with Crippen molar-refractivity contribution in [3.05, 3.63) is 28.5 Å². The zero-order valence-electron chi connectivity index (χ0n) is 9.60. The first-order valence-corrected chi connectivity index (χ1v) is 7.35. The van der Waals surface area contributed by atoms with E-state index in [0.29, 0.717) is 0 Å². The van der Waals surface area contributed by atoms with Crippen LogP contribution in [-0.2, 0) is 19.6 Å². The van der Waals surface area contributed by atoms with Gasteiger partial charge in [0.1, 0.15) is 12.4 Å². The van der Waals surface area contributed by atoms with Crippen molar-refractivity contribution in [2.45, 2.75) is 4.90 Å². The molecule has 0 saturated carbocycles. The second kappa shape index (κ2) is 6.94. The minimum absolute atomic E-state index is 0.0790. The number of hydrogen-bond donors (Lipinski definition) is 2. The highest BCUT2D eigenvalue weighted by atomic mass is 79.9. The zero-order chi connectivity index (χ0) is 14.5. The number of rotatable bonds is 7. The second-order valence-electron chi connectivity index (χ2n) is 3.42. The van der Waals surface area contributed by atoms with E-state index in [0.717, 1.165) is 18.2 Å². The fraction of sp³-hybridized carbons (Fsp3) is 0.300. The molecule has 0 bridgehead atoms. The third kappa shape index (κ3) is 5.23. The van der Waals surface area contributed by atoms with Crippen LogP contribution >= 0.6 is 15.9 Å². The molecule has 0 atom stereocenters. The van der Waals surface area contributed by atoms with Gasteiger partial charge in [-0.15, -0.1) is 0 Å². The van der Waals surface area contributed by atoms with Gasteiger partial charge in [-0.05, 0) is 34.1 Å². The van der Waals surface area contributed by atoms with Gasteiger partial charge < -0.3 is 9.84 Å². The summed E-state index contributed by atoms with van der Waals surface area (Å²) in [6, 6.07) is 3.19. The van der Waals surface area contributed by atoms with Crippen LogP contribution in [0.2, 0.25) is 0 Å². The van der Waals surface area contributed by atoms with Crippen LogP contribution in [0.5, 0.6) is 0 Å². The molecule has 0 fully saturated rings. The fourth-order valence-electron chi connectivity index (χ4n) is 1.18.